The second-order valence-corrected chi connectivity index (χ2v) is 4.28. The van der Waals surface area contributed by atoms with Gasteiger partial charge in [0.25, 0.3) is 0 Å². The number of carbonyl (C=O) groups is 1. The summed E-state index contributed by atoms with van der Waals surface area (Å²) in [6, 6.07) is 5.00. The molecule has 0 atom stereocenters. The Labute approximate surface area is 120 Å². The van der Waals surface area contributed by atoms with Gasteiger partial charge in [0.1, 0.15) is 0 Å². The van der Waals surface area contributed by atoms with Crippen molar-refractivity contribution in [3.8, 4) is 17.2 Å². The topological polar surface area (TPSA) is 90.7 Å². The molecule has 0 saturated heterocycles. The van der Waals surface area contributed by atoms with Crippen LogP contribution < -0.4 is 14.9 Å². The zero-order valence-corrected chi connectivity index (χ0v) is 11.8. The molecule has 1 N–H and O–H groups in total. The van der Waals surface area contributed by atoms with Crippen molar-refractivity contribution < 1.29 is 19.4 Å². The van der Waals surface area contributed by atoms with Gasteiger partial charge in [-0.15, -0.1) is 0 Å². The van der Waals surface area contributed by atoms with Crippen LogP contribution in [-0.2, 0) is 0 Å². The highest BCUT2D eigenvalue weighted by Gasteiger charge is 2.15. The normalized spacial score (nSPS) is 10.2. The van der Waals surface area contributed by atoms with Crippen molar-refractivity contribution in [3.63, 3.8) is 0 Å². The van der Waals surface area contributed by atoms with Gasteiger partial charge in [0.05, 0.1) is 19.9 Å². The minimum Gasteiger partial charge on any atom is -0.493 e. The van der Waals surface area contributed by atoms with Crippen molar-refractivity contribution in [2.45, 2.75) is 6.92 Å². The Kier molecular flexibility index (Phi) is 3.93. The first-order valence-corrected chi connectivity index (χ1v) is 6.04. The van der Waals surface area contributed by atoms with E-state index in [1.54, 1.807) is 18.2 Å². The lowest BCUT2D eigenvalue weighted by Crippen LogP contribution is -2.23. The van der Waals surface area contributed by atoms with Crippen LogP contribution in [0, 0.1) is 6.92 Å². The molecule has 1 heterocycles. The van der Waals surface area contributed by atoms with Crippen LogP contribution in [-0.4, -0.2) is 35.1 Å². The van der Waals surface area contributed by atoms with Gasteiger partial charge in [0.15, 0.2) is 11.5 Å². The maximum Gasteiger partial charge on any atom is 0.360 e. The summed E-state index contributed by atoms with van der Waals surface area (Å²) in [5.41, 5.74) is -0.278. The molecule has 0 aliphatic heterocycles. The summed E-state index contributed by atoms with van der Waals surface area (Å²) in [7, 11) is 3.01. The lowest BCUT2D eigenvalue weighted by Gasteiger charge is -2.11. The van der Waals surface area contributed by atoms with Crippen LogP contribution >= 0.6 is 0 Å². The van der Waals surface area contributed by atoms with E-state index in [4.69, 9.17) is 14.6 Å². The molecule has 1 aromatic heterocycles. The Morgan fingerprint density at radius 1 is 1.24 bits per heavy atom. The van der Waals surface area contributed by atoms with Gasteiger partial charge in [-0.2, -0.15) is 5.10 Å². The third kappa shape index (κ3) is 2.71. The average molecular weight is 290 g/mol. The molecule has 0 radical (unpaired) electrons. The Morgan fingerprint density at radius 2 is 1.90 bits per heavy atom. The third-order valence-electron chi connectivity index (χ3n) is 2.93. The van der Waals surface area contributed by atoms with Crippen molar-refractivity contribution in [1.29, 1.82) is 0 Å². The van der Waals surface area contributed by atoms with E-state index in [0.29, 0.717) is 17.2 Å². The second kappa shape index (κ2) is 5.66. The summed E-state index contributed by atoms with van der Waals surface area (Å²) < 4.78 is 11.6. The molecule has 1 aromatic carbocycles. The van der Waals surface area contributed by atoms with Crippen LogP contribution in [0.1, 0.15) is 16.1 Å². The number of hydrogen-bond donors (Lipinski definition) is 1. The standard InChI is InChI=1S/C14H14N2O5/c1-8-7-16(15-12(13(8)17)14(18)19)9-4-5-10(20-2)11(6-9)21-3/h4-7H,1-3H3,(H,18,19). The average Bonchev–Trinajstić information content (AvgIpc) is 2.48. The van der Waals surface area contributed by atoms with Crippen LogP contribution in [0.3, 0.4) is 0 Å². The summed E-state index contributed by atoms with van der Waals surface area (Å²) >= 11 is 0. The zero-order chi connectivity index (χ0) is 15.6. The van der Waals surface area contributed by atoms with E-state index in [1.165, 1.54) is 32.0 Å². The van der Waals surface area contributed by atoms with Crippen molar-refractivity contribution in [3.05, 3.63) is 45.9 Å². The summed E-state index contributed by atoms with van der Waals surface area (Å²) in [4.78, 5) is 22.8. The number of methoxy groups -OCH3 is 2. The molecule has 0 bridgehead atoms. The molecule has 110 valence electrons. The van der Waals surface area contributed by atoms with Crippen LogP contribution in [0.25, 0.3) is 5.69 Å². The van der Waals surface area contributed by atoms with E-state index >= 15 is 0 Å². The summed E-state index contributed by atoms with van der Waals surface area (Å²) in [6.45, 7) is 1.54. The molecule has 0 amide bonds. The first kappa shape index (κ1) is 14.6. The maximum absolute atomic E-state index is 11.7. The number of nitrogens with zero attached hydrogens (tertiary/aromatic N) is 2. The van der Waals surface area contributed by atoms with E-state index < -0.39 is 17.1 Å². The van der Waals surface area contributed by atoms with E-state index in [-0.39, 0.29) is 5.56 Å². The number of aryl methyl sites for hydroxylation is 1. The number of carboxylic acids is 1. The number of aromatic carboxylic acids is 1. The molecule has 7 nitrogen and oxygen atoms in total. The third-order valence-corrected chi connectivity index (χ3v) is 2.93. The Bertz CT molecular complexity index is 752. The lowest BCUT2D eigenvalue weighted by atomic mass is 10.2. The minimum atomic E-state index is -1.36. The highest BCUT2D eigenvalue weighted by molar-refractivity contribution is 5.85. The molecule has 0 unspecified atom stereocenters. The molecular weight excluding hydrogens is 276 g/mol. The Balaban J connectivity index is 2.62. The van der Waals surface area contributed by atoms with Gasteiger partial charge in [0.2, 0.25) is 11.1 Å². The van der Waals surface area contributed by atoms with E-state index in [2.05, 4.69) is 5.10 Å². The van der Waals surface area contributed by atoms with Crippen LogP contribution in [0.15, 0.2) is 29.2 Å². The summed E-state index contributed by atoms with van der Waals surface area (Å²) in [5, 5.41) is 12.9. The van der Waals surface area contributed by atoms with Gasteiger partial charge in [-0.05, 0) is 19.1 Å². The predicted octanol–water partition coefficient (Wildman–Crippen LogP) is 1.26. The van der Waals surface area contributed by atoms with Crippen LogP contribution in [0.5, 0.6) is 11.5 Å². The van der Waals surface area contributed by atoms with Gasteiger partial charge >= 0.3 is 5.97 Å². The zero-order valence-electron chi connectivity index (χ0n) is 11.8. The molecule has 2 rings (SSSR count). The van der Waals surface area contributed by atoms with Crippen molar-refractivity contribution in [1.82, 2.24) is 9.78 Å². The number of hydrogen-bond acceptors (Lipinski definition) is 5. The largest absolute Gasteiger partial charge is 0.493 e. The number of benzene rings is 1. The fraction of sp³-hybridized carbons (Fsp3) is 0.214. The van der Waals surface area contributed by atoms with E-state index in [0.717, 1.165) is 0 Å². The molecule has 21 heavy (non-hydrogen) atoms. The van der Waals surface area contributed by atoms with Crippen LogP contribution in [0.4, 0.5) is 0 Å². The molecule has 7 heteroatoms. The van der Waals surface area contributed by atoms with Gasteiger partial charge in [-0.1, -0.05) is 0 Å². The maximum atomic E-state index is 11.7. The second-order valence-electron chi connectivity index (χ2n) is 4.28. The smallest absolute Gasteiger partial charge is 0.360 e. The van der Waals surface area contributed by atoms with Crippen molar-refractivity contribution in [2.24, 2.45) is 0 Å². The monoisotopic (exact) mass is 290 g/mol. The summed E-state index contributed by atoms with van der Waals surface area (Å²) in [5.74, 6) is -0.347. The fourth-order valence-corrected chi connectivity index (χ4v) is 1.85. The van der Waals surface area contributed by atoms with Gasteiger partial charge in [-0.25, -0.2) is 9.48 Å². The molecule has 0 aliphatic carbocycles. The van der Waals surface area contributed by atoms with Crippen molar-refractivity contribution >= 4 is 5.97 Å². The van der Waals surface area contributed by atoms with Crippen molar-refractivity contribution in [2.75, 3.05) is 14.2 Å². The minimum absolute atomic E-state index is 0.289. The van der Waals surface area contributed by atoms with E-state index in [1.807, 2.05) is 0 Å². The summed E-state index contributed by atoms with van der Waals surface area (Å²) in [6.07, 6.45) is 1.47. The molecular formula is C14H14N2O5. The Morgan fingerprint density at radius 3 is 2.48 bits per heavy atom. The Hall–Kier alpha value is -2.83. The highest BCUT2D eigenvalue weighted by atomic mass is 16.5. The van der Waals surface area contributed by atoms with Gasteiger partial charge < -0.3 is 14.6 Å². The molecule has 0 aliphatic rings. The number of rotatable bonds is 4. The lowest BCUT2D eigenvalue weighted by molar-refractivity contribution is 0.0686. The highest BCUT2D eigenvalue weighted by Crippen LogP contribution is 2.28. The van der Waals surface area contributed by atoms with Gasteiger partial charge in [-0.3, -0.25) is 4.79 Å². The quantitative estimate of drug-likeness (QED) is 0.911. The predicted molar refractivity (Wildman–Crippen MR) is 74.6 cm³/mol. The number of carboxylic acid groups (broad SMARTS) is 1. The molecule has 0 saturated carbocycles. The molecule has 0 spiro atoms. The first-order chi connectivity index (χ1) is 9.97. The first-order valence-electron chi connectivity index (χ1n) is 6.04. The number of ether oxygens (including phenoxy) is 2. The van der Waals surface area contributed by atoms with Gasteiger partial charge in [0, 0.05) is 17.8 Å². The fourth-order valence-electron chi connectivity index (χ4n) is 1.85. The van der Waals surface area contributed by atoms with E-state index in [9.17, 15) is 9.59 Å². The van der Waals surface area contributed by atoms with Crippen LogP contribution in [0.2, 0.25) is 0 Å². The molecule has 2 aromatic rings. The molecule has 0 fully saturated rings. The SMILES string of the molecule is COc1ccc(-n2cc(C)c(=O)c(C(=O)O)n2)cc1OC. The number of aromatic nitrogens is 2.